The third-order valence-corrected chi connectivity index (χ3v) is 5.21. The summed E-state index contributed by atoms with van der Waals surface area (Å²) in [6.07, 6.45) is 0. The Labute approximate surface area is 171 Å². The summed E-state index contributed by atoms with van der Waals surface area (Å²) >= 11 is 6.18. The molecule has 2 aliphatic rings. The largest absolute Gasteiger partial charge is 0.409 e. The van der Waals surface area contributed by atoms with E-state index in [0.29, 0.717) is 47.7 Å². The predicted molar refractivity (Wildman–Crippen MR) is 105 cm³/mol. The van der Waals surface area contributed by atoms with Crippen LogP contribution in [-0.2, 0) is 4.74 Å². The molecular formula is C20H20ClFN4O3. The van der Waals surface area contributed by atoms with E-state index in [1.807, 2.05) is 4.90 Å². The smallest absolute Gasteiger partial charge is 0.171 e. The second-order valence-corrected chi connectivity index (χ2v) is 7.21. The van der Waals surface area contributed by atoms with E-state index in [9.17, 15) is 14.8 Å². The van der Waals surface area contributed by atoms with Gasteiger partial charge in [0.25, 0.3) is 0 Å². The zero-order valence-corrected chi connectivity index (χ0v) is 16.3. The summed E-state index contributed by atoms with van der Waals surface area (Å²) in [5, 5.41) is 26.5. The van der Waals surface area contributed by atoms with Gasteiger partial charge in [-0.15, -0.1) is 0 Å². The Hall–Kier alpha value is -2.68. The van der Waals surface area contributed by atoms with Gasteiger partial charge in [-0.05, 0) is 30.3 Å². The topological polar surface area (TPSA) is 80.9 Å². The van der Waals surface area contributed by atoms with Crippen molar-refractivity contribution in [3.05, 3.63) is 69.4 Å². The van der Waals surface area contributed by atoms with Crippen LogP contribution in [0.2, 0.25) is 5.02 Å². The van der Waals surface area contributed by atoms with Crippen molar-refractivity contribution in [3.63, 3.8) is 0 Å². The fourth-order valence-corrected chi connectivity index (χ4v) is 3.80. The van der Waals surface area contributed by atoms with Gasteiger partial charge in [0, 0.05) is 28.9 Å². The Morgan fingerprint density at radius 3 is 2.69 bits per heavy atom. The molecule has 152 valence electrons. The van der Waals surface area contributed by atoms with Crippen LogP contribution in [0.1, 0.15) is 5.56 Å². The second kappa shape index (κ2) is 8.36. The molecule has 0 radical (unpaired) electrons. The first-order chi connectivity index (χ1) is 14.1. The highest BCUT2D eigenvalue weighted by atomic mass is 35.5. The van der Waals surface area contributed by atoms with E-state index < -0.39 is 11.9 Å². The minimum Gasteiger partial charge on any atom is -0.409 e. The van der Waals surface area contributed by atoms with Crippen molar-refractivity contribution < 1.29 is 19.5 Å². The lowest BCUT2D eigenvalue weighted by molar-refractivity contribution is -0.0288. The molecule has 2 heterocycles. The monoisotopic (exact) mass is 418 g/mol. The molecular weight excluding hydrogens is 399 g/mol. The van der Waals surface area contributed by atoms with Gasteiger partial charge in [-0.25, -0.2) is 4.39 Å². The lowest BCUT2D eigenvalue weighted by atomic mass is 10.1. The molecule has 1 unspecified atom stereocenters. The number of hydroxylamine groups is 2. The number of hydrogen-bond donors (Lipinski definition) is 2. The normalized spacial score (nSPS) is 20.2. The number of oxime groups is 1. The van der Waals surface area contributed by atoms with Crippen LogP contribution in [0.3, 0.4) is 0 Å². The van der Waals surface area contributed by atoms with Crippen LogP contribution in [0.4, 0.5) is 4.39 Å². The fourth-order valence-electron chi connectivity index (χ4n) is 3.62. The molecule has 29 heavy (non-hydrogen) atoms. The number of morpholine rings is 1. The van der Waals surface area contributed by atoms with Crippen LogP contribution in [-0.4, -0.2) is 65.1 Å². The van der Waals surface area contributed by atoms with Gasteiger partial charge in [0.05, 0.1) is 30.8 Å². The lowest BCUT2D eigenvalue weighted by Crippen LogP contribution is -2.48. The molecule has 1 fully saturated rings. The van der Waals surface area contributed by atoms with Crippen molar-refractivity contribution in [2.45, 2.75) is 6.04 Å². The van der Waals surface area contributed by atoms with Gasteiger partial charge in [0.2, 0.25) is 0 Å². The van der Waals surface area contributed by atoms with Crippen LogP contribution in [0, 0.1) is 5.82 Å². The second-order valence-electron chi connectivity index (χ2n) is 6.77. The van der Waals surface area contributed by atoms with Gasteiger partial charge in [-0.1, -0.05) is 28.9 Å². The van der Waals surface area contributed by atoms with Crippen LogP contribution in [0.5, 0.6) is 0 Å². The van der Waals surface area contributed by atoms with Crippen LogP contribution < -0.4 is 10.6 Å². The highest BCUT2D eigenvalue weighted by Gasteiger charge is 2.29. The number of nitrogens with zero attached hydrogens (tertiary/aromatic N) is 4. The Morgan fingerprint density at radius 2 is 1.97 bits per heavy atom. The summed E-state index contributed by atoms with van der Waals surface area (Å²) in [7, 11) is 0. The minimum atomic E-state index is -0.674. The van der Waals surface area contributed by atoms with E-state index in [4.69, 9.17) is 21.3 Å². The highest BCUT2D eigenvalue weighted by Crippen LogP contribution is 2.21. The molecule has 0 spiro atoms. The highest BCUT2D eigenvalue weighted by molar-refractivity contribution is 6.30. The van der Waals surface area contributed by atoms with Gasteiger partial charge < -0.3 is 14.8 Å². The molecule has 0 bridgehead atoms. The van der Waals surface area contributed by atoms with Gasteiger partial charge in [0.15, 0.2) is 5.84 Å². The first-order valence-electron chi connectivity index (χ1n) is 9.22. The Kier molecular flexibility index (Phi) is 5.66. The lowest BCUT2D eigenvalue weighted by Gasteiger charge is -2.32. The van der Waals surface area contributed by atoms with Gasteiger partial charge in [-0.2, -0.15) is 0 Å². The molecule has 4 rings (SSSR count). The Bertz CT molecular complexity index is 1060. The molecule has 0 aromatic heterocycles. The SMILES string of the molecule is O/N=C(\C1CN(O)C(c2ccccc2F)=c2cc(Cl)ccc2=N1)N1CCOCC1. The van der Waals surface area contributed by atoms with Crippen LogP contribution >= 0.6 is 11.6 Å². The maximum Gasteiger partial charge on any atom is 0.171 e. The summed E-state index contributed by atoms with van der Waals surface area (Å²) < 4.78 is 19.9. The quantitative estimate of drug-likeness (QED) is 0.334. The van der Waals surface area contributed by atoms with Crippen molar-refractivity contribution in [2.75, 3.05) is 32.8 Å². The molecule has 0 amide bonds. The number of fused-ring (bicyclic) bond motifs is 1. The Balaban J connectivity index is 1.89. The molecule has 0 saturated carbocycles. The van der Waals surface area contributed by atoms with E-state index in [1.54, 1.807) is 36.4 Å². The van der Waals surface area contributed by atoms with E-state index in [2.05, 4.69) is 5.16 Å². The fraction of sp³-hybridized carbons (Fsp3) is 0.300. The van der Waals surface area contributed by atoms with Gasteiger partial charge in [-0.3, -0.25) is 15.3 Å². The van der Waals surface area contributed by atoms with Crippen molar-refractivity contribution >= 4 is 23.1 Å². The first kappa shape index (κ1) is 19.6. The van der Waals surface area contributed by atoms with Crippen LogP contribution in [0.15, 0.2) is 52.6 Å². The van der Waals surface area contributed by atoms with Crippen molar-refractivity contribution in [1.29, 1.82) is 0 Å². The minimum absolute atomic E-state index is 0.0211. The molecule has 9 heteroatoms. The molecule has 2 N–H and O–H groups in total. The van der Waals surface area contributed by atoms with E-state index >= 15 is 0 Å². The average molecular weight is 419 g/mol. The maximum atomic E-state index is 14.6. The summed E-state index contributed by atoms with van der Waals surface area (Å²) in [4.78, 5) is 6.58. The van der Waals surface area contributed by atoms with E-state index in [-0.39, 0.29) is 17.8 Å². The molecule has 2 aromatic carbocycles. The summed E-state index contributed by atoms with van der Waals surface area (Å²) in [5.41, 5.74) is 0.481. The first-order valence-corrected chi connectivity index (χ1v) is 9.60. The summed E-state index contributed by atoms with van der Waals surface area (Å²) in [6.45, 7) is 2.09. The predicted octanol–water partition coefficient (Wildman–Crippen LogP) is 1.45. The van der Waals surface area contributed by atoms with E-state index in [0.717, 1.165) is 5.06 Å². The summed E-state index contributed by atoms with van der Waals surface area (Å²) in [6, 6.07) is 10.5. The number of amidine groups is 1. The van der Waals surface area contributed by atoms with Crippen molar-refractivity contribution in [3.8, 4) is 0 Å². The number of benzene rings is 2. The molecule has 2 aromatic rings. The maximum absolute atomic E-state index is 14.6. The molecule has 0 aliphatic carbocycles. The van der Waals surface area contributed by atoms with Crippen molar-refractivity contribution in [2.24, 2.45) is 10.1 Å². The third kappa shape index (κ3) is 3.91. The average Bonchev–Trinajstić information content (AvgIpc) is 2.86. The number of ether oxygens (including phenoxy) is 1. The third-order valence-electron chi connectivity index (χ3n) is 4.98. The molecule has 7 nitrogen and oxygen atoms in total. The number of rotatable bonds is 2. The molecule has 2 aliphatic heterocycles. The van der Waals surface area contributed by atoms with Gasteiger partial charge in [0.1, 0.15) is 11.9 Å². The Morgan fingerprint density at radius 1 is 1.21 bits per heavy atom. The number of halogens is 2. The van der Waals surface area contributed by atoms with Crippen LogP contribution in [0.25, 0.3) is 5.70 Å². The standard InChI is InChI=1S/C20H20ClFN4O3/c21-13-5-6-17-15(11-13)19(14-3-1-2-4-16(14)22)26(28)12-18(23-17)20(24-27)25-7-9-29-10-8-25/h1-6,11,18,27-28H,7-10,12H2/b24-20+. The number of hydrogen-bond acceptors (Lipinski definition) is 6. The molecule has 1 saturated heterocycles. The zero-order valence-electron chi connectivity index (χ0n) is 15.5. The zero-order chi connectivity index (χ0) is 20.4. The van der Waals surface area contributed by atoms with E-state index in [1.165, 1.54) is 6.07 Å². The molecule has 1 atom stereocenters. The summed E-state index contributed by atoms with van der Waals surface area (Å²) in [5.74, 6) is -0.154. The van der Waals surface area contributed by atoms with Gasteiger partial charge >= 0.3 is 0 Å². The van der Waals surface area contributed by atoms with Crippen molar-refractivity contribution in [1.82, 2.24) is 9.96 Å².